The van der Waals surface area contributed by atoms with Gasteiger partial charge in [-0.25, -0.2) is 9.59 Å². The van der Waals surface area contributed by atoms with Gasteiger partial charge in [-0.3, -0.25) is 4.90 Å². The Morgan fingerprint density at radius 1 is 1.29 bits per heavy atom. The molecule has 0 saturated carbocycles. The molecule has 4 amide bonds. The minimum absolute atomic E-state index is 0.127. The first-order chi connectivity index (χ1) is 13.5. The lowest BCUT2D eigenvalue weighted by atomic mass is 10.1. The molecular weight excluding hydrogens is 354 g/mol. The maximum Gasteiger partial charge on any atom is 0.322 e. The third kappa shape index (κ3) is 4.23. The second-order valence-electron chi connectivity index (χ2n) is 6.74. The van der Waals surface area contributed by atoms with Crippen LogP contribution in [-0.2, 0) is 0 Å². The second kappa shape index (κ2) is 8.44. The predicted molar refractivity (Wildman–Crippen MR) is 108 cm³/mol. The standard InChI is InChI=1S/C21H23N5O2/c1-15(17-7-3-6-16(12-17)14-22)25(2)21(28)24-18-8-4-9-19(13-18)26-11-5-10-23-20(26)27/h3-4,6-9,12-13,15H,5,10-11H2,1-2H3,(H,23,27)(H,24,28). The molecule has 28 heavy (non-hydrogen) atoms. The minimum atomic E-state index is -0.268. The van der Waals surface area contributed by atoms with E-state index in [0.29, 0.717) is 24.3 Å². The Hall–Kier alpha value is -3.53. The Bertz CT molecular complexity index is 921. The largest absolute Gasteiger partial charge is 0.338 e. The summed E-state index contributed by atoms with van der Waals surface area (Å²) in [5.74, 6) is 0. The van der Waals surface area contributed by atoms with Crippen LogP contribution in [-0.4, -0.2) is 37.1 Å². The number of hydrogen-bond acceptors (Lipinski definition) is 3. The van der Waals surface area contributed by atoms with Crippen molar-refractivity contribution in [3.05, 3.63) is 59.7 Å². The van der Waals surface area contributed by atoms with Crippen molar-refractivity contribution in [2.45, 2.75) is 19.4 Å². The van der Waals surface area contributed by atoms with Crippen LogP contribution >= 0.6 is 0 Å². The third-order valence-corrected chi connectivity index (χ3v) is 4.89. The van der Waals surface area contributed by atoms with E-state index in [9.17, 15) is 9.59 Å². The van der Waals surface area contributed by atoms with Gasteiger partial charge in [0.05, 0.1) is 17.7 Å². The van der Waals surface area contributed by atoms with E-state index in [4.69, 9.17) is 5.26 Å². The zero-order chi connectivity index (χ0) is 20.1. The van der Waals surface area contributed by atoms with Crippen molar-refractivity contribution in [2.24, 2.45) is 0 Å². The topological polar surface area (TPSA) is 88.5 Å². The van der Waals surface area contributed by atoms with Crippen LogP contribution in [0.3, 0.4) is 0 Å². The second-order valence-corrected chi connectivity index (χ2v) is 6.74. The van der Waals surface area contributed by atoms with Crippen molar-refractivity contribution < 1.29 is 9.59 Å². The smallest absolute Gasteiger partial charge is 0.322 e. The van der Waals surface area contributed by atoms with Crippen LogP contribution in [0.5, 0.6) is 0 Å². The van der Waals surface area contributed by atoms with Crippen LogP contribution in [0.15, 0.2) is 48.5 Å². The molecule has 3 rings (SSSR count). The van der Waals surface area contributed by atoms with Crippen LogP contribution in [0.4, 0.5) is 21.0 Å². The summed E-state index contributed by atoms with van der Waals surface area (Å²) in [7, 11) is 1.71. The molecule has 7 heteroatoms. The highest BCUT2D eigenvalue weighted by atomic mass is 16.2. The lowest BCUT2D eigenvalue weighted by Crippen LogP contribution is -2.46. The first kappa shape index (κ1) is 19.2. The van der Waals surface area contributed by atoms with Crippen molar-refractivity contribution >= 4 is 23.4 Å². The SMILES string of the molecule is CC(c1cccc(C#N)c1)N(C)C(=O)Nc1cccc(N2CCCNC2=O)c1. The van der Waals surface area contributed by atoms with Crippen LogP contribution < -0.4 is 15.5 Å². The molecule has 2 aromatic carbocycles. The number of carbonyl (C=O) groups excluding carboxylic acids is 2. The fraction of sp³-hybridized carbons (Fsp3) is 0.286. The first-order valence-corrected chi connectivity index (χ1v) is 9.19. The van der Waals surface area contributed by atoms with Crippen LogP contribution in [0, 0.1) is 11.3 Å². The molecule has 2 N–H and O–H groups in total. The molecule has 7 nitrogen and oxygen atoms in total. The molecule has 1 atom stereocenters. The number of benzene rings is 2. The monoisotopic (exact) mass is 377 g/mol. The minimum Gasteiger partial charge on any atom is -0.338 e. The van der Waals surface area contributed by atoms with Gasteiger partial charge in [-0.1, -0.05) is 18.2 Å². The quantitative estimate of drug-likeness (QED) is 0.851. The Morgan fingerprint density at radius 2 is 2.07 bits per heavy atom. The van der Waals surface area contributed by atoms with Gasteiger partial charge in [-0.05, 0) is 49.2 Å². The highest BCUT2D eigenvalue weighted by Gasteiger charge is 2.21. The van der Waals surface area contributed by atoms with E-state index in [1.54, 1.807) is 41.1 Å². The maximum absolute atomic E-state index is 12.7. The third-order valence-electron chi connectivity index (χ3n) is 4.89. The van der Waals surface area contributed by atoms with Gasteiger partial charge in [-0.15, -0.1) is 0 Å². The van der Waals surface area contributed by atoms with E-state index in [1.165, 1.54) is 0 Å². The normalized spacial score (nSPS) is 14.6. The van der Waals surface area contributed by atoms with Gasteiger partial charge >= 0.3 is 12.1 Å². The summed E-state index contributed by atoms with van der Waals surface area (Å²) in [5.41, 5.74) is 2.80. The molecule has 1 aliphatic rings. The number of amides is 4. The summed E-state index contributed by atoms with van der Waals surface area (Å²) in [6.45, 7) is 3.24. The molecule has 1 saturated heterocycles. The van der Waals surface area contributed by atoms with Gasteiger partial charge < -0.3 is 15.5 Å². The average Bonchev–Trinajstić information content (AvgIpc) is 2.73. The van der Waals surface area contributed by atoms with Gasteiger partial charge in [-0.2, -0.15) is 5.26 Å². The summed E-state index contributed by atoms with van der Waals surface area (Å²) < 4.78 is 0. The number of carbonyl (C=O) groups is 2. The molecule has 144 valence electrons. The highest BCUT2D eigenvalue weighted by Crippen LogP contribution is 2.23. The van der Waals surface area contributed by atoms with Crippen molar-refractivity contribution in [3.63, 3.8) is 0 Å². The molecular formula is C21H23N5O2. The number of nitrogens with one attached hydrogen (secondary N) is 2. The Labute approximate surface area is 164 Å². The predicted octanol–water partition coefficient (Wildman–Crippen LogP) is 3.70. The molecule has 0 aromatic heterocycles. The molecule has 2 aromatic rings. The molecule has 1 aliphatic heterocycles. The number of rotatable bonds is 4. The maximum atomic E-state index is 12.7. The van der Waals surface area contributed by atoms with Crippen molar-refractivity contribution in [1.29, 1.82) is 5.26 Å². The molecule has 1 fully saturated rings. The van der Waals surface area contributed by atoms with Gasteiger partial charge in [0.15, 0.2) is 0 Å². The van der Waals surface area contributed by atoms with Gasteiger partial charge in [0.1, 0.15) is 0 Å². The number of nitrogens with zero attached hydrogens (tertiary/aromatic N) is 3. The Balaban J connectivity index is 1.71. The van der Waals surface area contributed by atoms with E-state index < -0.39 is 0 Å². The lowest BCUT2D eigenvalue weighted by molar-refractivity contribution is 0.208. The summed E-state index contributed by atoms with van der Waals surface area (Å²) in [4.78, 5) is 28.0. The molecule has 0 radical (unpaired) electrons. The summed E-state index contributed by atoms with van der Waals surface area (Å²) in [5, 5.41) is 14.8. The number of nitriles is 1. The fourth-order valence-corrected chi connectivity index (χ4v) is 3.11. The van der Waals surface area contributed by atoms with Crippen molar-refractivity contribution in [3.8, 4) is 6.07 Å². The van der Waals surface area contributed by atoms with Crippen molar-refractivity contribution in [2.75, 3.05) is 30.4 Å². The van der Waals surface area contributed by atoms with E-state index in [2.05, 4.69) is 16.7 Å². The van der Waals surface area contributed by atoms with E-state index in [1.807, 2.05) is 31.2 Å². The zero-order valence-corrected chi connectivity index (χ0v) is 16.0. The summed E-state index contributed by atoms with van der Waals surface area (Å²) in [6.07, 6.45) is 0.879. The fourth-order valence-electron chi connectivity index (χ4n) is 3.11. The zero-order valence-electron chi connectivity index (χ0n) is 16.0. The Kier molecular flexibility index (Phi) is 5.80. The van der Waals surface area contributed by atoms with Crippen LogP contribution in [0.2, 0.25) is 0 Å². The number of urea groups is 2. The molecule has 0 aliphatic carbocycles. The number of anilines is 2. The van der Waals surface area contributed by atoms with Gasteiger partial charge in [0.25, 0.3) is 0 Å². The molecule has 0 bridgehead atoms. The van der Waals surface area contributed by atoms with Crippen LogP contribution in [0.1, 0.15) is 30.5 Å². The van der Waals surface area contributed by atoms with E-state index in [0.717, 1.165) is 17.7 Å². The van der Waals surface area contributed by atoms with E-state index in [-0.39, 0.29) is 18.1 Å². The lowest BCUT2D eigenvalue weighted by Gasteiger charge is -2.28. The first-order valence-electron chi connectivity index (χ1n) is 9.19. The number of hydrogen-bond donors (Lipinski definition) is 2. The van der Waals surface area contributed by atoms with Crippen molar-refractivity contribution in [1.82, 2.24) is 10.2 Å². The van der Waals surface area contributed by atoms with Gasteiger partial charge in [0.2, 0.25) is 0 Å². The molecule has 1 heterocycles. The average molecular weight is 377 g/mol. The highest BCUT2D eigenvalue weighted by molar-refractivity contribution is 5.94. The molecule has 1 unspecified atom stereocenters. The van der Waals surface area contributed by atoms with Gasteiger partial charge in [0, 0.05) is 31.5 Å². The Morgan fingerprint density at radius 3 is 2.82 bits per heavy atom. The van der Waals surface area contributed by atoms with Crippen LogP contribution in [0.25, 0.3) is 0 Å². The molecule has 0 spiro atoms. The van der Waals surface area contributed by atoms with E-state index >= 15 is 0 Å². The summed E-state index contributed by atoms with van der Waals surface area (Å²) in [6, 6.07) is 16.0. The summed E-state index contributed by atoms with van der Waals surface area (Å²) >= 11 is 0.